The third-order valence-electron chi connectivity index (χ3n) is 4.40. The van der Waals surface area contributed by atoms with E-state index in [9.17, 15) is 0 Å². The Labute approximate surface area is 126 Å². The van der Waals surface area contributed by atoms with E-state index in [1.165, 1.54) is 29.5 Å². The molecule has 0 saturated carbocycles. The van der Waals surface area contributed by atoms with E-state index in [-0.39, 0.29) is 0 Å². The lowest BCUT2D eigenvalue weighted by molar-refractivity contribution is 0.342. The van der Waals surface area contributed by atoms with Crippen molar-refractivity contribution in [2.24, 2.45) is 5.92 Å². The van der Waals surface area contributed by atoms with Gasteiger partial charge in [-0.3, -0.25) is 0 Å². The topological polar surface area (TPSA) is 12.0 Å². The van der Waals surface area contributed by atoms with Crippen molar-refractivity contribution in [2.75, 3.05) is 7.05 Å². The fourth-order valence-electron chi connectivity index (χ4n) is 3.36. The Kier molecular flexibility index (Phi) is 4.09. The molecule has 104 valence electrons. The molecule has 0 bridgehead atoms. The summed E-state index contributed by atoms with van der Waals surface area (Å²) < 4.78 is 0. The van der Waals surface area contributed by atoms with Crippen LogP contribution in [0, 0.1) is 5.92 Å². The first-order valence-corrected chi connectivity index (χ1v) is 7.65. The van der Waals surface area contributed by atoms with E-state index in [4.69, 9.17) is 11.6 Å². The van der Waals surface area contributed by atoms with Crippen molar-refractivity contribution in [1.82, 2.24) is 5.32 Å². The molecular formula is C18H20ClN. The molecule has 1 N–H and O–H groups in total. The lowest BCUT2D eigenvalue weighted by atomic mass is 9.78. The zero-order valence-electron chi connectivity index (χ0n) is 11.8. The Hall–Kier alpha value is -1.31. The van der Waals surface area contributed by atoms with Gasteiger partial charge >= 0.3 is 0 Å². The predicted octanol–water partition coefficient (Wildman–Crippen LogP) is 4.41. The quantitative estimate of drug-likeness (QED) is 0.881. The van der Waals surface area contributed by atoms with Crippen LogP contribution >= 0.6 is 11.6 Å². The minimum atomic E-state index is 0.403. The third kappa shape index (κ3) is 2.74. The standard InChI is InChI=1S/C18H20ClN/c1-20-18(14-8-10-17(19)11-9-14)16-7-6-13-4-2-3-5-15(13)12-16/h2-5,8-11,16,18,20H,6-7,12H2,1H3. The van der Waals surface area contributed by atoms with Crippen molar-refractivity contribution in [3.05, 3.63) is 70.2 Å². The highest BCUT2D eigenvalue weighted by Gasteiger charge is 2.26. The maximum absolute atomic E-state index is 5.99. The molecule has 0 aliphatic heterocycles. The maximum Gasteiger partial charge on any atom is 0.0406 e. The van der Waals surface area contributed by atoms with Gasteiger partial charge in [-0.2, -0.15) is 0 Å². The van der Waals surface area contributed by atoms with Gasteiger partial charge in [0.25, 0.3) is 0 Å². The fourth-order valence-corrected chi connectivity index (χ4v) is 3.48. The van der Waals surface area contributed by atoms with Gasteiger partial charge in [0.1, 0.15) is 0 Å². The van der Waals surface area contributed by atoms with E-state index in [1.54, 1.807) is 0 Å². The number of hydrogen-bond acceptors (Lipinski definition) is 1. The first-order valence-electron chi connectivity index (χ1n) is 7.27. The van der Waals surface area contributed by atoms with Crippen molar-refractivity contribution in [3.63, 3.8) is 0 Å². The number of benzene rings is 2. The Morgan fingerprint density at radius 2 is 1.75 bits per heavy atom. The molecule has 0 amide bonds. The second-order valence-electron chi connectivity index (χ2n) is 5.59. The molecule has 2 aromatic rings. The Morgan fingerprint density at radius 1 is 1.05 bits per heavy atom. The number of nitrogens with one attached hydrogen (secondary N) is 1. The van der Waals surface area contributed by atoms with Crippen molar-refractivity contribution in [2.45, 2.75) is 25.3 Å². The Balaban J connectivity index is 1.83. The summed E-state index contributed by atoms with van der Waals surface area (Å²) in [6.07, 6.45) is 3.59. The largest absolute Gasteiger partial charge is 0.313 e. The molecule has 20 heavy (non-hydrogen) atoms. The molecule has 0 spiro atoms. The van der Waals surface area contributed by atoms with Crippen LogP contribution < -0.4 is 5.32 Å². The first-order chi connectivity index (χ1) is 9.78. The second-order valence-corrected chi connectivity index (χ2v) is 6.03. The van der Waals surface area contributed by atoms with Crippen LogP contribution in [0.4, 0.5) is 0 Å². The Bertz CT molecular complexity index is 576. The highest BCUT2D eigenvalue weighted by Crippen LogP contribution is 2.34. The molecule has 0 aromatic heterocycles. The van der Waals surface area contributed by atoms with Gasteiger partial charge in [-0.1, -0.05) is 48.0 Å². The number of halogens is 1. The van der Waals surface area contributed by atoms with Gasteiger partial charge in [0.15, 0.2) is 0 Å². The second kappa shape index (κ2) is 5.99. The van der Waals surface area contributed by atoms with Gasteiger partial charge < -0.3 is 5.32 Å². The average Bonchev–Trinajstić information content (AvgIpc) is 2.50. The van der Waals surface area contributed by atoms with Gasteiger partial charge in [0.2, 0.25) is 0 Å². The van der Waals surface area contributed by atoms with Gasteiger partial charge in [0, 0.05) is 11.1 Å². The third-order valence-corrected chi connectivity index (χ3v) is 4.65. The van der Waals surface area contributed by atoms with Crippen molar-refractivity contribution in [3.8, 4) is 0 Å². The molecule has 2 unspecified atom stereocenters. The molecule has 1 aliphatic carbocycles. The number of hydrogen-bond donors (Lipinski definition) is 1. The molecule has 2 atom stereocenters. The molecule has 0 heterocycles. The normalized spacial score (nSPS) is 19.4. The van der Waals surface area contributed by atoms with Gasteiger partial charge in [-0.05, 0) is 61.1 Å². The first kappa shape index (κ1) is 13.7. The summed E-state index contributed by atoms with van der Waals surface area (Å²) in [5.74, 6) is 0.649. The van der Waals surface area contributed by atoms with Crippen molar-refractivity contribution >= 4 is 11.6 Å². The highest BCUT2D eigenvalue weighted by molar-refractivity contribution is 6.30. The van der Waals surface area contributed by atoms with Crippen molar-refractivity contribution in [1.29, 1.82) is 0 Å². The van der Waals surface area contributed by atoms with Crippen LogP contribution in [-0.4, -0.2) is 7.05 Å². The molecule has 2 heteroatoms. The van der Waals surface area contributed by atoms with Crippen molar-refractivity contribution < 1.29 is 0 Å². The zero-order valence-corrected chi connectivity index (χ0v) is 12.5. The van der Waals surface area contributed by atoms with Gasteiger partial charge in [0.05, 0.1) is 0 Å². The highest BCUT2D eigenvalue weighted by atomic mass is 35.5. The van der Waals surface area contributed by atoms with E-state index < -0.39 is 0 Å². The molecular weight excluding hydrogens is 266 g/mol. The number of rotatable bonds is 3. The predicted molar refractivity (Wildman–Crippen MR) is 85.2 cm³/mol. The molecule has 3 rings (SSSR count). The Morgan fingerprint density at radius 3 is 2.45 bits per heavy atom. The van der Waals surface area contributed by atoms with Crippen LogP contribution in [0.25, 0.3) is 0 Å². The van der Waals surface area contributed by atoms with Crippen LogP contribution in [-0.2, 0) is 12.8 Å². The monoisotopic (exact) mass is 285 g/mol. The summed E-state index contributed by atoms with van der Waals surface area (Å²) >= 11 is 5.99. The van der Waals surface area contributed by atoms with Crippen LogP contribution in [0.15, 0.2) is 48.5 Å². The summed E-state index contributed by atoms with van der Waals surface area (Å²) in [5.41, 5.74) is 4.37. The molecule has 1 nitrogen and oxygen atoms in total. The zero-order chi connectivity index (χ0) is 13.9. The lowest BCUT2D eigenvalue weighted by Gasteiger charge is -2.31. The molecule has 0 saturated heterocycles. The van der Waals surface area contributed by atoms with Gasteiger partial charge in [-0.25, -0.2) is 0 Å². The van der Waals surface area contributed by atoms with Crippen LogP contribution in [0.3, 0.4) is 0 Å². The van der Waals surface area contributed by atoms with E-state index in [1.807, 2.05) is 12.1 Å². The molecule has 0 fully saturated rings. The fraction of sp³-hybridized carbons (Fsp3) is 0.333. The minimum Gasteiger partial charge on any atom is -0.313 e. The minimum absolute atomic E-state index is 0.403. The number of fused-ring (bicyclic) bond motifs is 1. The summed E-state index contributed by atoms with van der Waals surface area (Å²) in [6.45, 7) is 0. The van der Waals surface area contributed by atoms with Crippen LogP contribution in [0.5, 0.6) is 0 Å². The van der Waals surface area contributed by atoms with E-state index >= 15 is 0 Å². The molecule has 0 radical (unpaired) electrons. The molecule has 2 aromatic carbocycles. The maximum atomic E-state index is 5.99. The summed E-state index contributed by atoms with van der Waals surface area (Å²) in [7, 11) is 2.06. The van der Waals surface area contributed by atoms with E-state index in [0.717, 1.165) is 11.4 Å². The molecule has 1 aliphatic rings. The summed E-state index contributed by atoms with van der Waals surface area (Å²) in [5, 5.41) is 4.30. The van der Waals surface area contributed by atoms with Crippen LogP contribution in [0.1, 0.15) is 29.2 Å². The van der Waals surface area contributed by atoms with E-state index in [2.05, 4.69) is 48.8 Å². The van der Waals surface area contributed by atoms with E-state index in [0.29, 0.717) is 12.0 Å². The van der Waals surface area contributed by atoms with Crippen LogP contribution in [0.2, 0.25) is 5.02 Å². The average molecular weight is 286 g/mol. The smallest absolute Gasteiger partial charge is 0.0406 e. The van der Waals surface area contributed by atoms with Gasteiger partial charge in [-0.15, -0.1) is 0 Å². The number of aryl methyl sites for hydroxylation is 1. The lowest BCUT2D eigenvalue weighted by Crippen LogP contribution is -2.29. The summed E-state index contributed by atoms with van der Waals surface area (Å²) in [4.78, 5) is 0. The summed E-state index contributed by atoms with van der Waals surface area (Å²) in [6, 6.07) is 17.5. The SMILES string of the molecule is CNC(c1ccc(Cl)cc1)C1CCc2ccccc2C1.